The van der Waals surface area contributed by atoms with Crippen LogP contribution in [0.3, 0.4) is 0 Å². The number of rotatable bonds is 14. The van der Waals surface area contributed by atoms with E-state index in [2.05, 4.69) is 72.2 Å². The second kappa shape index (κ2) is 15.7. The zero-order valence-corrected chi connectivity index (χ0v) is 23.4. The highest BCUT2D eigenvalue weighted by Crippen LogP contribution is 2.40. The van der Waals surface area contributed by atoms with E-state index in [0.29, 0.717) is 23.5 Å². The third kappa shape index (κ3) is 8.26. The third-order valence-corrected chi connectivity index (χ3v) is 7.10. The lowest BCUT2D eigenvalue weighted by atomic mass is 9.81. The lowest BCUT2D eigenvalue weighted by Crippen LogP contribution is -2.08. The maximum Gasteiger partial charge on any atom is 0.126 e. The van der Waals surface area contributed by atoms with Crippen LogP contribution < -0.4 is 9.05 Å². The fourth-order valence-electron chi connectivity index (χ4n) is 4.54. The summed E-state index contributed by atoms with van der Waals surface area (Å²) < 4.78 is 12.1. The molecule has 186 valence electrons. The fourth-order valence-corrected chi connectivity index (χ4v) is 5.36. The molecule has 0 saturated carbocycles. The Hall–Kier alpha value is -1.10. The molecule has 2 rings (SSSR count). The Morgan fingerprint density at radius 3 is 1.45 bits per heavy atom. The molecule has 0 fully saturated rings. The standard InChI is InChI=1S/C28H44O2P2.CH4/c1-8-11-14-22-18-25(20(4)16-27(22)29-31-6)24(13-10-3)26-19-23(15-12-9-2)28(30-32-7)17-21(26)5;/h16-19,24,31-32H,8-15H2,1-7H3;1H4. The first-order valence-electron chi connectivity index (χ1n) is 12.4. The maximum absolute atomic E-state index is 6.06. The molecular weight excluding hydrogens is 442 g/mol. The van der Waals surface area contributed by atoms with Gasteiger partial charge in [-0.1, -0.05) is 59.6 Å². The molecule has 0 aliphatic heterocycles. The minimum atomic E-state index is 0. The lowest BCUT2D eigenvalue weighted by Gasteiger charge is -2.25. The van der Waals surface area contributed by atoms with Crippen molar-refractivity contribution in [2.24, 2.45) is 0 Å². The molecule has 0 spiro atoms. The Morgan fingerprint density at radius 2 is 1.12 bits per heavy atom. The van der Waals surface area contributed by atoms with Gasteiger partial charge >= 0.3 is 0 Å². The van der Waals surface area contributed by atoms with Gasteiger partial charge in [0.1, 0.15) is 11.5 Å². The van der Waals surface area contributed by atoms with E-state index in [1.165, 1.54) is 65.5 Å². The summed E-state index contributed by atoms with van der Waals surface area (Å²) in [6.07, 6.45) is 9.32. The van der Waals surface area contributed by atoms with Crippen LogP contribution in [0.4, 0.5) is 0 Å². The van der Waals surface area contributed by atoms with Crippen LogP contribution in [-0.4, -0.2) is 13.3 Å². The predicted molar refractivity (Wildman–Crippen MR) is 153 cm³/mol. The average Bonchev–Trinajstić information content (AvgIpc) is 2.77. The summed E-state index contributed by atoms with van der Waals surface area (Å²) in [5.41, 5.74) is 8.39. The topological polar surface area (TPSA) is 18.5 Å². The average molecular weight is 491 g/mol. The monoisotopic (exact) mass is 490 g/mol. The van der Waals surface area contributed by atoms with Crippen molar-refractivity contribution in [3.63, 3.8) is 0 Å². The van der Waals surface area contributed by atoms with Crippen LogP contribution in [0.2, 0.25) is 0 Å². The second-order valence-corrected chi connectivity index (χ2v) is 10.0. The third-order valence-electron chi connectivity index (χ3n) is 6.25. The molecule has 2 nitrogen and oxygen atoms in total. The number of unbranched alkanes of at least 4 members (excludes halogenated alkanes) is 2. The minimum Gasteiger partial charge on any atom is -0.477 e. The minimum absolute atomic E-state index is 0. The zero-order chi connectivity index (χ0) is 23.5. The van der Waals surface area contributed by atoms with Crippen LogP contribution in [0.1, 0.15) is 106 Å². The van der Waals surface area contributed by atoms with Gasteiger partial charge in [0.25, 0.3) is 0 Å². The van der Waals surface area contributed by atoms with Gasteiger partial charge in [-0.25, -0.2) is 0 Å². The van der Waals surface area contributed by atoms with Gasteiger partial charge in [-0.15, -0.1) is 0 Å². The van der Waals surface area contributed by atoms with Gasteiger partial charge in [0.05, 0.1) is 17.6 Å². The van der Waals surface area contributed by atoms with Crippen LogP contribution >= 0.6 is 17.6 Å². The molecule has 0 saturated heterocycles. The molecule has 2 unspecified atom stereocenters. The predicted octanol–water partition coefficient (Wildman–Crippen LogP) is 9.76. The van der Waals surface area contributed by atoms with Crippen LogP contribution in [-0.2, 0) is 12.8 Å². The molecule has 0 amide bonds. The molecule has 2 aromatic carbocycles. The van der Waals surface area contributed by atoms with Crippen molar-refractivity contribution in [1.29, 1.82) is 0 Å². The summed E-state index contributed by atoms with van der Waals surface area (Å²) in [5, 5.41) is 0. The van der Waals surface area contributed by atoms with Crippen molar-refractivity contribution >= 4 is 17.6 Å². The first kappa shape index (κ1) is 29.9. The van der Waals surface area contributed by atoms with E-state index in [1.54, 1.807) is 0 Å². The highest BCUT2D eigenvalue weighted by Gasteiger charge is 2.22. The molecule has 0 heterocycles. The number of benzene rings is 2. The van der Waals surface area contributed by atoms with E-state index in [0.717, 1.165) is 30.8 Å². The zero-order valence-electron chi connectivity index (χ0n) is 21.4. The van der Waals surface area contributed by atoms with Crippen molar-refractivity contribution in [2.75, 3.05) is 13.3 Å². The highest BCUT2D eigenvalue weighted by atomic mass is 31.1. The van der Waals surface area contributed by atoms with E-state index in [1.807, 2.05) is 0 Å². The van der Waals surface area contributed by atoms with E-state index < -0.39 is 0 Å². The molecule has 2 aromatic rings. The van der Waals surface area contributed by atoms with Crippen molar-refractivity contribution in [3.8, 4) is 11.5 Å². The van der Waals surface area contributed by atoms with Gasteiger partial charge in [0.15, 0.2) is 0 Å². The van der Waals surface area contributed by atoms with Crippen molar-refractivity contribution < 1.29 is 9.05 Å². The molecule has 0 N–H and O–H groups in total. The quantitative estimate of drug-likeness (QED) is 0.245. The SMILES string of the molecule is C.CCCCc1cc(C(CCC)c2cc(CCCC)c(OPC)cc2C)c(C)cc1OPC. The smallest absolute Gasteiger partial charge is 0.126 e. The molecule has 0 aliphatic rings. The van der Waals surface area contributed by atoms with Crippen molar-refractivity contribution in [3.05, 3.63) is 57.6 Å². The first-order valence-corrected chi connectivity index (χ1v) is 15.3. The molecule has 0 aliphatic carbocycles. The van der Waals surface area contributed by atoms with Gasteiger partial charge in [-0.05, 0) is 105 Å². The van der Waals surface area contributed by atoms with Crippen LogP contribution in [0, 0.1) is 13.8 Å². The summed E-state index contributed by atoms with van der Waals surface area (Å²) in [7, 11) is 0.957. The number of aryl methyl sites for hydroxylation is 4. The maximum atomic E-state index is 6.06. The molecular formula is C29H48O2P2. The fraction of sp³-hybridized carbons (Fsp3) is 0.586. The second-order valence-electron chi connectivity index (χ2n) is 8.79. The number of hydrogen-bond donors (Lipinski definition) is 0. The van der Waals surface area contributed by atoms with E-state index in [4.69, 9.17) is 9.05 Å². The van der Waals surface area contributed by atoms with E-state index >= 15 is 0 Å². The van der Waals surface area contributed by atoms with E-state index in [9.17, 15) is 0 Å². The van der Waals surface area contributed by atoms with E-state index in [-0.39, 0.29) is 7.43 Å². The van der Waals surface area contributed by atoms with Gasteiger partial charge in [-0.3, -0.25) is 0 Å². The highest BCUT2D eigenvalue weighted by molar-refractivity contribution is 7.31. The van der Waals surface area contributed by atoms with Gasteiger partial charge in [-0.2, -0.15) is 0 Å². The summed E-state index contributed by atoms with van der Waals surface area (Å²) in [5.74, 6) is 2.59. The Labute approximate surface area is 208 Å². The normalized spacial score (nSPS) is 12.5. The van der Waals surface area contributed by atoms with Crippen molar-refractivity contribution in [2.45, 2.75) is 99.3 Å². The first-order chi connectivity index (χ1) is 15.5. The van der Waals surface area contributed by atoms with Gasteiger partial charge in [0, 0.05) is 5.92 Å². The summed E-state index contributed by atoms with van der Waals surface area (Å²) in [6.45, 7) is 15.6. The Morgan fingerprint density at radius 1 is 0.697 bits per heavy atom. The largest absolute Gasteiger partial charge is 0.477 e. The Balaban J connectivity index is 0.00000544. The molecule has 33 heavy (non-hydrogen) atoms. The van der Waals surface area contributed by atoms with Crippen molar-refractivity contribution in [1.82, 2.24) is 0 Å². The molecule has 0 radical (unpaired) electrons. The number of hydrogen-bond acceptors (Lipinski definition) is 2. The summed E-state index contributed by atoms with van der Waals surface area (Å²) in [4.78, 5) is 0. The summed E-state index contributed by atoms with van der Waals surface area (Å²) in [6, 6.07) is 9.51. The Kier molecular flexibility index (Phi) is 14.3. The van der Waals surface area contributed by atoms with Gasteiger partial charge in [0.2, 0.25) is 0 Å². The van der Waals surface area contributed by atoms with Crippen LogP contribution in [0.25, 0.3) is 0 Å². The van der Waals surface area contributed by atoms with Crippen LogP contribution in [0.5, 0.6) is 11.5 Å². The Bertz CT molecular complexity index is 781. The van der Waals surface area contributed by atoms with Gasteiger partial charge < -0.3 is 9.05 Å². The molecule has 0 bridgehead atoms. The summed E-state index contributed by atoms with van der Waals surface area (Å²) >= 11 is 0. The molecule has 0 aromatic heterocycles. The molecule has 4 heteroatoms. The lowest BCUT2D eigenvalue weighted by molar-refractivity contribution is 0.610. The molecule has 2 atom stereocenters. The van der Waals surface area contributed by atoms with Crippen LogP contribution in [0.15, 0.2) is 24.3 Å².